The zero-order valence-electron chi connectivity index (χ0n) is 22.9. The van der Waals surface area contributed by atoms with E-state index in [2.05, 4.69) is 0 Å². The second-order valence-electron chi connectivity index (χ2n) is 10.4. The van der Waals surface area contributed by atoms with Gasteiger partial charge in [-0.05, 0) is 18.2 Å². The van der Waals surface area contributed by atoms with Crippen LogP contribution in [0.15, 0.2) is 18.2 Å². The Hall–Kier alpha value is -5.37. The van der Waals surface area contributed by atoms with E-state index in [0.717, 1.165) is 0 Å². The average molecular weight is 652 g/mol. The lowest BCUT2D eigenvalue weighted by atomic mass is 9.76. The van der Waals surface area contributed by atoms with Crippen molar-refractivity contribution in [3.63, 3.8) is 0 Å². The van der Waals surface area contributed by atoms with Gasteiger partial charge in [0.1, 0.15) is 12.2 Å². The number of carboxylic acids is 1. The predicted octanol–water partition coefficient (Wildman–Crippen LogP) is -1.95. The first-order chi connectivity index (χ1) is 21.6. The lowest BCUT2D eigenvalue weighted by Gasteiger charge is -2.42. The maximum Gasteiger partial charge on any atom is 0.341 e. The van der Waals surface area contributed by atoms with Crippen molar-refractivity contribution in [3.05, 3.63) is 34.9 Å². The number of hydrogen-bond acceptors (Lipinski definition) is 18. The number of benzene rings is 2. The number of ether oxygens (including phenoxy) is 5. The minimum Gasteiger partial charge on any atom is -0.504 e. The molecule has 246 valence electrons. The number of aliphatic hydroxyl groups is 3. The minimum atomic E-state index is -2.35. The molecule has 3 heterocycles. The summed E-state index contributed by atoms with van der Waals surface area (Å²) in [6, 6.07) is 1.92. The highest BCUT2D eigenvalue weighted by molar-refractivity contribution is 5.97. The third-order valence-electron chi connectivity index (χ3n) is 7.56. The van der Waals surface area contributed by atoms with Crippen LogP contribution in [-0.4, -0.2) is 119 Å². The number of rotatable bonds is 5. The summed E-state index contributed by atoms with van der Waals surface area (Å²) in [5.74, 6) is -17.6. The fourth-order valence-corrected chi connectivity index (χ4v) is 5.40. The highest BCUT2D eigenvalue weighted by Crippen LogP contribution is 2.51. The van der Waals surface area contributed by atoms with Crippen LogP contribution in [-0.2, 0) is 33.3 Å². The lowest BCUT2D eigenvalue weighted by Crippen LogP contribution is -2.62. The largest absolute Gasteiger partial charge is 0.504 e. The molecule has 19 nitrogen and oxygen atoms in total. The second-order valence-corrected chi connectivity index (χ2v) is 10.4. The lowest BCUT2D eigenvalue weighted by molar-refractivity contribution is -0.288. The molecule has 19 heteroatoms. The van der Waals surface area contributed by atoms with E-state index in [1.165, 1.54) is 0 Å². The second kappa shape index (κ2) is 11.9. The number of carbonyl (C=O) groups is 5. The Morgan fingerprint density at radius 3 is 2.09 bits per heavy atom. The molecule has 5 rings (SSSR count). The average Bonchev–Trinajstić information content (AvgIpc) is 3.00. The van der Waals surface area contributed by atoms with Gasteiger partial charge in [0.05, 0.1) is 30.1 Å². The molecule has 0 amide bonds. The van der Waals surface area contributed by atoms with Crippen LogP contribution < -0.4 is 4.74 Å². The monoisotopic (exact) mass is 652 g/mol. The molecule has 8 atom stereocenters. The zero-order valence-corrected chi connectivity index (χ0v) is 22.9. The Kier molecular flexibility index (Phi) is 8.26. The summed E-state index contributed by atoms with van der Waals surface area (Å²) in [7, 11) is 0. The standard InChI is InChI=1S/C27H24O19/c28-5-12-20-19(37)22(27(42-12)46-23(38)6-1-9(29)16(34)10(30)2-6)45-24(39)7-3-11(31)17(35)21-15(7)14(18(36)26(41)44-21)8(4-13(32)33)25(40)43-20/h1-3,8,12,14,18-20,22,27-31,34-37H,4-5H2,(H,32,33)/t8?,12-,14?,18+,19+,20-,22-,27+/m0/s1. The molecule has 0 radical (unpaired) electrons. The van der Waals surface area contributed by atoms with Gasteiger partial charge in [0.2, 0.25) is 12.0 Å². The smallest absolute Gasteiger partial charge is 0.341 e. The van der Waals surface area contributed by atoms with Gasteiger partial charge in [-0.2, -0.15) is 0 Å². The molecule has 0 aliphatic carbocycles. The van der Waals surface area contributed by atoms with Crippen LogP contribution in [0.4, 0.5) is 0 Å². The summed E-state index contributed by atoms with van der Waals surface area (Å²) in [6.07, 6.45) is -13.7. The Balaban J connectivity index is 1.64. The Morgan fingerprint density at radius 2 is 1.48 bits per heavy atom. The van der Waals surface area contributed by atoms with Crippen molar-refractivity contribution in [1.29, 1.82) is 0 Å². The van der Waals surface area contributed by atoms with Crippen LogP contribution in [0, 0.1) is 5.92 Å². The maximum atomic E-state index is 13.6. The van der Waals surface area contributed by atoms with E-state index >= 15 is 0 Å². The van der Waals surface area contributed by atoms with Gasteiger partial charge in [-0.3, -0.25) is 9.59 Å². The molecule has 3 aliphatic rings. The van der Waals surface area contributed by atoms with Crippen molar-refractivity contribution in [3.8, 4) is 34.5 Å². The number of aliphatic hydroxyl groups excluding tert-OH is 3. The van der Waals surface area contributed by atoms with Gasteiger partial charge in [0, 0.05) is 11.5 Å². The number of fused-ring (bicyclic) bond motifs is 2. The number of phenolic OH excluding ortho intramolecular Hbond substituents is 5. The van der Waals surface area contributed by atoms with Crippen molar-refractivity contribution in [2.45, 2.75) is 49.1 Å². The fourth-order valence-electron chi connectivity index (χ4n) is 5.40. The zero-order chi connectivity index (χ0) is 33.8. The van der Waals surface area contributed by atoms with Crippen LogP contribution in [0.1, 0.15) is 38.6 Å². The topological polar surface area (TPSA) is 314 Å². The molecule has 3 aliphatic heterocycles. The van der Waals surface area contributed by atoms with Crippen LogP contribution in [0.2, 0.25) is 0 Å². The maximum absolute atomic E-state index is 13.6. The first-order valence-electron chi connectivity index (χ1n) is 13.2. The molecule has 46 heavy (non-hydrogen) atoms. The molecule has 0 aromatic heterocycles. The highest BCUT2D eigenvalue weighted by atomic mass is 16.7. The highest BCUT2D eigenvalue weighted by Gasteiger charge is 2.55. The van der Waals surface area contributed by atoms with Gasteiger partial charge in [-0.25, -0.2) is 14.4 Å². The molecule has 2 aromatic carbocycles. The van der Waals surface area contributed by atoms with Crippen LogP contribution in [0.5, 0.6) is 34.5 Å². The van der Waals surface area contributed by atoms with Crippen molar-refractivity contribution in [2.75, 3.05) is 6.61 Å². The number of carboxylic acid groups (broad SMARTS) is 1. The summed E-state index contributed by atoms with van der Waals surface area (Å²) in [4.78, 5) is 64.4. The van der Waals surface area contributed by atoms with E-state index in [0.29, 0.717) is 18.2 Å². The van der Waals surface area contributed by atoms with E-state index < -0.39 is 143 Å². The summed E-state index contributed by atoms with van der Waals surface area (Å²) in [5, 5.41) is 91.4. The number of aliphatic carboxylic acids is 1. The first-order valence-corrected chi connectivity index (χ1v) is 13.2. The summed E-state index contributed by atoms with van der Waals surface area (Å²) >= 11 is 0. The number of phenols is 5. The molecule has 2 unspecified atom stereocenters. The molecule has 0 spiro atoms. The van der Waals surface area contributed by atoms with Crippen LogP contribution in [0.3, 0.4) is 0 Å². The van der Waals surface area contributed by atoms with Crippen LogP contribution in [0.25, 0.3) is 0 Å². The SMILES string of the molecule is O=C(O)CC1C(=O)O[C@@H]2[C@@H](O)[C@H](OC(=O)c3cc(O)c(O)c4c3C1[C@@H](O)C(=O)O4)[C@@H](OC(=O)c1cc(O)c(O)c(O)c1)O[C@H]2CO. The normalized spacial score (nSPS) is 28.9. The van der Waals surface area contributed by atoms with Crippen molar-refractivity contribution in [1.82, 2.24) is 0 Å². The molecule has 9 N–H and O–H groups in total. The molecular weight excluding hydrogens is 628 g/mol. The minimum absolute atomic E-state index is 0.573. The first kappa shape index (κ1) is 32.0. The quantitative estimate of drug-likeness (QED) is 0.0733. The van der Waals surface area contributed by atoms with Gasteiger partial charge < -0.3 is 69.6 Å². The number of aromatic hydroxyl groups is 5. The fraction of sp³-hybridized carbons (Fsp3) is 0.370. The number of esters is 4. The van der Waals surface area contributed by atoms with E-state index in [1.807, 2.05) is 0 Å². The molecule has 1 saturated heterocycles. The van der Waals surface area contributed by atoms with Gasteiger partial charge in [0.15, 0.2) is 47.1 Å². The number of carbonyl (C=O) groups excluding carboxylic acids is 4. The van der Waals surface area contributed by atoms with Gasteiger partial charge in [-0.15, -0.1) is 0 Å². The Labute approximate surface area is 254 Å². The van der Waals surface area contributed by atoms with Crippen molar-refractivity contribution in [2.24, 2.45) is 5.92 Å². The predicted molar refractivity (Wildman–Crippen MR) is 138 cm³/mol. The third kappa shape index (κ3) is 5.40. The van der Waals surface area contributed by atoms with E-state index in [9.17, 15) is 69.9 Å². The Bertz CT molecular complexity index is 1610. The van der Waals surface area contributed by atoms with Crippen molar-refractivity contribution >= 4 is 29.8 Å². The van der Waals surface area contributed by atoms with Gasteiger partial charge >= 0.3 is 29.8 Å². The van der Waals surface area contributed by atoms with Crippen molar-refractivity contribution < 1.29 is 93.6 Å². The summed E-state index contributed by atoms with van der Waals surface area (Å²) < 4.78 is 26.2. The number of hydrogen-bond donors (Lipinski definition) is 9. The third-order valence-corrected chi connectivity index (χ3v) is 7.56. The molecule has 2 aromatic rings. The van der Waals surface area contributed by atoms with Gasteiger partial charge in [0.25, 0.3) is 0 Å². The van der Waals surface area contributed by atoms with Gasteiger partial charge in [-0.1, -0.05) is 0 Å². The molecule has 1 fully saturated rings. The molecule has 0 saturated carbocycles. The molecular formula is C27H24O19. The molecule has 2 bridgehead atoms. The van der Waals surface area contributed by atoms with E-state index in [1.54, 1.807) is 0 Å². The Morgan fingerprint density at radius 1 is 0.848 bits per heavy atom. The van der Waals surface area contributed by atoms with Crippen LogP contribution >= 0.6 is 0 Å². The van der Waals surface area contributed by atoms with E-state index in [4.69, 9.17) is 23.7 Å². The summed E-state index contributed by atoms with van der Waals surface area (Å²) in [5.41, 5.74) is -2.06. The summed E-state index contributed by atoms with van der Waals surface area (Å²) in [6.45, 7) is -1.06. The van der Waals surface area contributed by atoms with E-state index in [-0.39, 0.29) is 0 Å².